The maximum Gasteiger partial charge on any atom is 0.325 e. The molecule has 0 bridgehead atoms. The van der Waals surface area contributed by atoms with Gasteiger partial charge in [-0.15, -0.1) is 0 Å². The fourth-order valence-electron chi connectivity index (χ4n) is 1.24. The molecule has 0 amide bonds. The van der Waals surface area contributed by atoms with Crippen molar-refractivity contribution in [3.05, 3.63) is 34.9 Å². The average Bonchev–Trinajstić information content (AvgIpc) is 2.15. The summed E-state index contributed by atoms with van der Waals surface area (Å²) in [6.45, 7) is 2.44. The zero-order valence-corrected chi connectivity index (χ0v) is 8.58. The van der Waals surface area contributed by atoms with Crippen molar-refractivity contribution in [3.63, 3.8) is 0 Å². The molecule has 0 saturated carbocycles. The van der Waals surface area contributed by atoms with Gasteiger partial charge in [0.05, 0.1) is 0 Å². The lowest BCUT2D eigenvalue weighted by atomic mass is 10.1. The predicted molar refractivity (Wildman–Crippen MR) is 55.5 cm³/mol. The quantitative estimate of drug-likeness (QED) is 0.805. The number of aliphatic carboxylic acids is 1. The van der Waals surface area contributed by atoms with Crippen LogP contribution in [0.1, 0.15) is 18.5 Å². The van der Waals surface area contributed by atoms with Crippen molar-refractivity contribution in [2.75, 3.05) is 6.54 Å². The summed E-state index contributed by atoms with van der Waals surface area (Å²) < 4.78 is 0. The van der Waals surface area contributed by atoms with E-state index in [2.05, 4.69) is 5.32 Å². The molecule has 76 valence electrons. The topological polar surface area (TPSA) is 49.3 Å². The Bertz CT molecular complexity index is 328. The molecule has 2 N–H and O–H groups in total. The smallest absolute Gasteiger partial charge is 0.325 e. The summed E-state index contributed by atoms with van der Waals surface area (Å²) >= 11 is 5.90. The van der Waals surface area contributed by atoms with Gasteiger partial charge >= 0.3 is 5.97 Å². The molecule has 0 fully saturated rings. The minimum Gasteiger partial charge on any atom is -0.480 e. The van der Waals surface area contributed by atoms with E-state index >= 15 is 0 Å². The number of benzene rings is 1. The Labute approximate surface area is 87.7 Å². The van der Waals surface area contributed by atoms with Crippen LogP contribution in [-0.2, 0) is 4.79 Å². The van der Waals surface area contributed by atoms with Crippen LogP contribution in [0.4, 0.5) is 0 Å². The van der Waals surface area contributed by atoms with E-state index in [9.17, 15) is 4.79 Å². The second-order valence-electron chi connectivity index (χ2n) is 2.85. The van der Waals surface area contributed by atoms with Crippen LogP contribution in [0.5, 0.6) is 0 Å². The first-order chi connectivity index (χ1) is 6.66. The summed E-state index contributed by atoms with van der Waals surface area (Å²) in [6.07, 6.45) is 0. The first-order valence-corrected chi connectivity index (χ1v) is 4.75. The summed E-state index contributed by atoms with van der Waals surface area (Å²) in [5.41, 5.74) is 0.600. The first kappa shape index (κ1) is 11.0. The molecule has 3 nitrogen and oxygen atoms in total. The molecule has 0 aliphatic heterocycles. The predicted octanol–water partition coefficient (Wildman–Crippen LogP) is 2.08. The highest BCUT2D eigenvalue weighted by atomic mass is 35.5. The third kappa shape index (κ3) is 2.47. The van der Waals surface area contributed by atoms with E-state index < -0.39 is 12.0 Å². The second-order valence-corrected chi connectivity index (χ2v) is 3.26. The van der Waals surface area contributed by atoms with Crippen LogP contribution in [0.15, 0.2) is 24.3 Å². The highest BCUT2D eigenvalue weighted by molar-refractivity contribution is 6.31. The molecule has 0 aliphatic rings. The Morgan fingerprint density at radius 3 is 2.71 bits per heavy atom. The second kappa shape index (κ2) is 4.98. The molecule has 14 heavy (non-hydrogen) atoms. The van der Waals surface area contributed by atoms with E-state index in [-0.39, 0.29) is 0 Å². The number of hydrogen-bond donors (Lipinski definition) is 2. The molecule has 0 saturated heterocycles. The van der Waals surface area contributed by atoms with Crippen LogP contribution in [-0.4, -0.2) is 17.6 Å². The molecule has 1 rings (SSSR count). The van der Waals surface area contributed by atoms with Gasteiger partial charge in [0.1, 0.15) is 6.04 Å². The number of rotatable bonds is 4. The summed E-state index contributed by atoms with van der Waals surface area (Å²) in [5.74, 6) is -0.917. The van der Waals surface area contributed by atoms with Gasteiger partial charge < -0.3 is 10.4 Å². The summed E-state index contributed by atoms with van der Waals surface area (Å²) in [6, 6.07) is 6.22. The van der Waals surface area contributed by atoms with Crippen molar-refractivity contribution in [2.24, 2.45) is 0 Å². The van der Waals surface area contributed by atoms with Crippen LogP contribution >= 0.6 is 11.6 Å². The van der Waals surface area contributed by atoms with E-state index in [4.69, 9.17) is 16.7 Å². The van der Waals surface area contributed by atoms with E-state index in [0.717, 1.165) is 0 Å². The zero-order chi connectivity index (χ0) is 10.6. The third-order valence-corrected chi connectivity index (χ3v) is 2.22. The lowest BCUT2D eigenvalue weighted by molar-refractivity contribution is -0.139. The molecule has 0 aliphatic carbocycles. The Kier molecular flexibility index (Phi) is 3.92. The lowest BCUT2D eigenvalue weighted by Crippen LogP contribution is -2.28. The van der Waals surface area contributed by atoms with Crippen LogP contribution < -0.4 is 5.32 Å². The van der Waals surface area contributed by atoms with Crippen molar-refractivity contribution in [1.29, 1.82) is 0 Å². The van der Waals surface area contributed by atoms with Gasteiger partial charge in [-0.3, -0.25) is 4.79 Å². The number of carboxylic acids is 1. The molecule has 1 aromatic carbocycles. The molecular weight excluding hydrogens is 202 g/mol. The molecule has 4 heteroatoms. The van der Waals surface area contributed by atoms with Gasteiger partial charge in [0.2, 0.25) is 0 Å². The number of carbonyl (C=O) groups is 1. The van der Waals surface area contributed by atoms with Crippen molar-refractivity contribution >= 4 is 17.6 Å². The van der Waals surface area contributed by atoms with Gasteiger partial charge in [0, 0.05) is 5.02 Å². The maximum atomic E-state index is 10.9. The molecule has 0 aromatic heterocycles. The van der Waals surface area contributed by atoms with Gasteiger partial charge in [0.25, 0.3) is 0 Å². The average molecular weight is 214 g/mol. The number of hydrogen-bond acceptors (Lipinski definition) is 2. The number of likely N-dealkylation sites (N-methyl/N-ethyl adjacent to an activating group) is 1. The molecule has 1 unspecified atom stereocenters. The lowest BCUT2D eigenvalue weighted by Gasteiger charge is -2.14. The van der Waals surface area contributed by atoms with Gasteiger partial charge in [-0.2, -0.15) is 0 Å². The van der Waals surface area contributed by atoms with Gasteiger partial charge in [-0.25, -0.2) is 0 Å². The van der Waals surface area contributed by atoms with Crippen LogP contribution in [0.2, 0.25) is 5.02 Å². The fraction of sp³-hybridized carbons (Fsp3) is 0.300. The Balaban J connectivity index is 2.99. The molecule has 0 spiro atoms. The van der Waals surface area contributed by atoms with Gasteiger partial charge in [-0.1, -0.05) is 36.7 Å². The highest BCUT2D eigenvalue weighted by Crippen LogP contribution is 2.22. The van der Waals surface area contributed by atoms with E-state index in [1.54, 1.807) is 24.3 Å². The van der Waals surface area contributed by atoms with Crippen LogP contribution in [0, 0.1) is 0 Å². The Hall–Kier alpha value is -1.06. The van der Waals surface area contributed by atoms with Crippen molar-refractivity contribution in [1.82, 2.24) is 5.32 Å². The summed E-state index contributed by atoms with van der Waals surface area (Å²) in [7, 11) is 0. The van der Waals surface area contributed by atoms with Crippen LogP contribution in [0.25, 0.3) is 0 Å². The molecule has 0 heterocycles. The van der Waals surface area contributed by atoms with Crippen molar-refractivity contribution in [2.45, 2.75) is 13.0 Å². The van der Waals surface area contributed by atoms with Gasteiger partial charge in [0.15, 0.2) is 0 Å². The largest absolute Gasteiger partial charge is 0.480 e. The Morgan fingerprint density at radius 1 is 1.57 bits per heavy atom. The van der Waals surface area contributed by atoms with E-state index in [1.165, 1.54) is 0 Å². The molecule has 1 atom stereocenters. The summed E-state index contributed by atoms with van der Waals surface area (Å²) in [4.78, 5) is 10.9. The monoisotopic (exact) mass is 213 g/mol. The maximum absolute atomic E-state index is 10.9. The fourth-order valence-corrected chi connectivity index (χ4v) is 1.49. The highest BCUT2D eigenvalue weighted by Gasteiger charge is 2.20. The number of nitrogens with one attached hydrogen (secondary N) is 1. The Morgan fingerprint density at radius 2 is 2.21 bits per heavy atom. The van der Waals surface area contributed by atoms with E-state index in [0.29, 0.717) is 17.1 Å². The number of carboxylic acid groups (broad SMARTS) is 1. The molecular formula is C10H12ClNO2. The third-order valence-electron chi connectivity index (χ3n) is 1.87. The number of halogens is 1. The zero-order valence-electron chi connectivity index (χ0n) is 7.83. The molecule has 0 radical (unpaired) electrons. The SMILES string of the molecule is CCNC(C(=O)O)c1ccccc1Cl. The minimum atomic E-state index is -0.917. The first-order valence-electron chi connectivity index (χ1n) is 4.37. The van der Waals surface area contributed by atoms with Crippen LogP contribution in [0.3, 0.4) is 0 Å². The molecule has 1 aromatic rings. The summed E-state index contributed by atoms with van der Waals surface area (Å²) in [5, 5.41) is 12.3. The van der Waals surface area contributed by atoms with Crippen molar-refractivity contribution < 1.29 is 9.90 Å². The minimum absolute atomic E-state index is 0.473. The van der Waals surface area contributed by atoms with Crippen molar-refractivity contribution in [3.8, 4) is 0 Å². The van der Waals surface area contributed by atoms with Gasteiger partial charge in [-0.05, 0) is 18.2 Å². The standard InChI is InChI=1S/C10H12ClNO2/c1-2-12-9(10(13)14)7-5-3-4-6-8(7)11/h3-6,9,12H,2H2,1H3,(H,13,14). The normalized spacial score (nSPS) is 12.4. The van der Waals surface area contributed by atoms with E-state index in [1.807, 2.05) is 6.92 Å².